The minimum absolute atomic E-state index is 0.0428. The number of benzene rings is 2. The highest BCUT2D eigenvalue weighted by Gasteiger charge is 2.19. The van der Waals surface area contributed by atoms with Crippen LogP contribution in [0.5, 0.6) is 0 Å². The number of hydrogen-bond acceptors (Lipinski definition) is 3. The van der Waals surface area contributed by atoms with E-state index >= 15 is 0 Å². The summed E-state index contributed by atoms with van der Waals surface area (Å²) in [5, 5.41) is 0.681. The molecule has 0 saturated heterocycles. The molecule has 0 spiro atoms. The zero-order chi connectivity index (χ0) is 15.8. The fraction of sp³-hybridized carbons (Fsp3) is 0.143. The van der Waals surface area contributed by atoms with Gasteiger partial charge in [-0.15, -0.1) is 0 Å². The summed E-state index contributed by atoms with van der Waals surface area (Å²) in [7, 11) is -3.79. The maximum Gasteiger partial charge on any atom is 0.262 e. The lowest BCUT2D eigenvalue weighted by atomic mass is 10.2. The maximum absolute atomic E-state index is 12.5. The van der Waals surface area contributed by atoms with Crippen LogP contribution in [0.2, 0.25) is 10.0 Å². The Labute approximate surface area is 133 Å². The van der Waals surface area contributed by atoms with Crippen molar-refractivity contribution in [3.05, 3.63) is 51.5 Å². The van der Waals surface area contributed by atoms with E-state index in [2.05, 4.69) is 4.72 Å². The number of aryl methyl sites for hydroxylation is 2. The number of rotatable bonds is 3. The highest BCUT2D eigenvalue weighted by atomic mass is 35.5. The fourth-order valence-corrected chi connectivity index (χ4v) is 3.58. The van der Waals surface area contributed by atoms with Crippen molar-refractivity contribution >= 4 is 44.6 Å². The number of sulfonamides is 1. The van der Waals surface area contributed by atoms with Gasteiger partial charge in [-0.1, -0.05) is 35.3 Å². The molecule has 2 rings (SSSR count). The van der Waals surface area contributed by atoms with Gasteiger partial charge in [0.2, 0.25) is 0 Å². The lowest BCUT2D eigenvalue weighted by molar-refractivity contribution is 0.601. The summed E-state index contributed by atoms with van der Waals surface area (Å²) < 4.78 is 27.4. The first kappa shape index (κ1) is 15.9. The molecule has 0 aliphatic rings. The molecule has 0 aliphatic heterocycles. The highest BCUT2D eigenvalue weighted by Crippen LogP contribution is 2.31. The number of nitrogen functional groups attached to an aromatic ring is 1. The Morgan fingerprint density at radius 1 is 1.10 bits per heavy atom. The van der Waals surface area contributed by atoms with Crippen LogP contribution in [0, 0.1) is 13.8 Å². The second-order valence-corrected chi connectivity index (χ2v) is 7.15. The van der Waals surface area contributed by atoms with Crippen LogP contribution in [0.15, 0.2) is 35.2 Å². The molecule has 0 saturated carbocycles. The summed E-state index contributed by atoms with van der Waals surface area (Å²) in [6.07, 6.45) is 0. The minimum atomic E-state index is -3.79. The summed E-state index contributed by atoms with van der Waals surface area (Å²) in [6, 6.07) is 7.93. The van der Waals surface area contributed by atoms with Gasteiger partial charge in [0.15, 0.2) is 0 Å². The first-order valence-electron chi connectivity index (χ1n) is 6.06. The third kappa shape index (κ3) is 3.26. The second-order valence-electron chi connectivity index (χ2n) is 4.68. The number of nitrogens with one attached hydrogen (secondary N) is 1. The number of anilines is 2. The van der Waals surface area contributed by atoms with Crippen molar-refractivity contribution in [3.8, 4) is 0 Å². The maximum atomic E-state index is 12.5. The monoisotopic (exact) mass is 344 g/mol. The Morgan fingerprint density at radius 2 is 1.76 bits per heavy atom. The Bertz CT molecular complexity index is 761. The zero-order valence-electron chi connectivity index (χ0n) is 11.4. The van der Waals surface area contributed by atoms with E-state index in [9.17, 15) is 8.42 Å². The molecular formula is C14H14Cl2N2O2S. The zero-order valence-corrected chi connectivity index (χ0v) is 13.8. The summed E-state index contributed by atoms with van der Waals surface area (Å²) in [5.41, 5.74) is 7.61. The minimum Gasteiger partial charge on any atom is -0.397 e. The molecule has 3 N–H and O–H groups in total. The third-order valence-corrected chi connectivity index (χ3v) is 5.19. The molecular weight excluding hydrogens is 331 g/mol. The lowest BCUT2D eigenvalue weighted by Gasteiger charge is -2.13. The molecule has 0 aromatic heterocycles. The topological polar surface area (TPSA) is 72.2 Å². The summed E-state index contributed by atoms with van der Waals surface area (Å²) in [5.74, 6) is 0. The van der Waals surface area contributed by atoms with Crippen molar-refractivity contribution < 1.29 is 8.42 Å². The SMILES string of the molecule is Cc1cc(S(=O)(=O)Nc2c(C)cccc2Cl)cc(N)c1Cl. The summed E-state index contributed by atoms with van der Waals surface area (Å²) in [6.45, 7) is 3.46. The van der Waals surface area contributed by atoms with Crippen LogP contribution in [0.1, 0.15) is 11.1 Å². The van der Waals surface area contributed by atoms with Gasteiger partial charge in [0.05, 0.1) is 26.3 Å². The van der Waals surface area contributed by atoms with Gasteiger partial charge in [-0.2, -0.15) is 0 Å². The predicted molar refractivity (Wildman–Crippen MR) is 87.6 cm³/mol. The van der Waals surface area contributed by atoms with E-state index < -0.39 is 10.0 Å². The molecule has 2 aromatic rings. The Hall–Kier alpha value is -1.43. The van der Waals surface area contributed by atoms with Gasteiger partial charge in [-0.3, -0.25) is 4.72 Å². The van der Waals surface area contributed by atoms with Crippen molar-refractivity contribution in [2.24, 2.45) is 0 Å². The van der Waals surface area contributed by atoms with E-state index in [1.807, 2.05) is 0 Å². The molecule has 0 radical (unpaired) electrons. The Kier molecular flexibility index (Phi) is 4.37. The first-order chi connectivity index (χ1) is 9.72. The Morgan fingerprint density at radius 3 is 2.33 bits per heavy atom. The predicted octanol–water partition coefficient (Wildman–Crippen LogP) is 3.99. The third-order valence-electron chi connectivity index (χ3n) is 3.02. The van der Waals surface area contributed by atoms with Gasteiger partial charge >= 0.3 is 0 Å². The molecule has 112 valence electrons. The van der Waals surface area contributed by atoms with Crippen molar-refractivity contribution in [2.75, 3.05) is 10.5 Å². The van der Waals surface area contributed by atoms with E-state index in [4.69, 9.17) is 28.9 Å². The van der Waals surface area contributed by atoms with E-state index in [0.29, 0.717) is 21.3 Å². The summed E-state index contributed by atoms with van der Waals surface area (Å²) in [4.78, 5) is 0.0428. The molecule has 0 amide bonds. The van der Waals surface area contributed by atoms with Crippen LogP contribution in [0.3, 0.4) is 0 Å². The average molecular weight is 345 g/mol. The smallest absolute Gasteiger partial charge is 0.262 e. The fourth-order valence-electron chi connectivity index (χ4n) is 1.87. The second kappa shape index (κ2) is 5.75. The van der Waals surface area contributed by atoms with E-state index in [0.717, 1.165) is 5.56 Å². The number of nitrogens with two attached hydrogens (primary N) is 1. The van der Waals surface area contributed by atoms with Gasteiger partial charge < -0.3 is 5.73 Å². The number of halogens is 2. The van der Waals surface area contributed by atoms with Gasteiger partial charge in [0, 0.05) is 0 Å². The van der Waals surface area contributed by atoms with Crippen molar-refractivity contribution in [2.45, 2.75) is 18.7 Å². The molecule has 0 fully saturated rings. The van der Waals surface area contributed by atoms with Crippen molar-refractivity contribution in [1.82, 2.24) is 0 Å². The molecule has 4 nitrogen and oxygen atoms in total. The Balaban J connectivity index is 2.49. The molecule has 0 heterocycles. The van der Waals surface area contributed by atoms with Crippen molar-refractivity contribution in [3.63, 3.8) is 0 Å². The van der Waals surface area contributed by atoms with Crippen LogP contribution in [0.25, 0.3) is 0 Å². The largest absolute Gasteiger partial charge is 0.397 e. The first-order valence-corrected chi connectivity index (χ1v) is 8.30. The van der Waals surface area contributed by atoms with Crippen LogP contribution < -0.4 is 10.5 Å². The molecule has 0 bridgehead atoms. The van der Waals surface area contributed by atoms with E-state index in [1.165, 1.54) is 12.1 Å². The molecule has 21 heavy (non-hydrogen) atoms. The lowest BCUT2D eigenvalue weighted by Crippen LogP contribution is -2.14. The van der Waals surface area contributed by atoms with E-state index in [-0.39, 0.29) is 10.6 Å². The van der Waals surface area contributed by atoms with Gasteiger partial charge in [-0.25, -0.2) is 8.42 Å². The molecule has 0 atom stereocenters. The van der Waals surface area contributed by atoms with Gasteiger partial charge in [0.25, 0.3) is 10.0 Å². The molecule has 2 aromatic carbocycles. The van der Waals surface area contributed by atoms with Gasteiger partial charge in [-0.05, 0) is 43.2 Å². The highest BCUT2D eigenvalue weighted by molar-refractivity contribution is 7.92. The average Bonchev–Trinajstić information content (AvgIpc) is 2.40. The van der Waals surface area contributed by atoms with E-state index in [1.54, 1.807) is 32.0 Å². The van der Waals surface area contributed by atoms with Gasteiger partial charge in [0.1, 0.15) is 0 Å². The van der Waals surface area contributed by atoms with Crippen molar-refractivity contribution in [1.29, 1.82) is 0 Å². The molecule has 7 heteroatoms. The molecule has 0 unspecified atom stereocenters. The number of para-hydroxylation sites is 1. The van der Waals surface area contributed by atoms with Crippen LogP contribution in [0.4, 0.5) is 11.4 Å². The molecule has 0 aliphatic carbocycles. The number of hydrogen-bond donors (Lipinski definition) is 2. The van der Waals surface area contributed by atoms with Crippen LogP contribution in [-0.2, 0) is 10.0 Å². The summed E-state index contributed by atoms with van der Waals surface area (Å²) >= 11 is 12.0. The van der Waals surface area contributed by atoms with Crippen LogP contribution >= 0.6 is 23.2 Å². The standard InChI is InChI=1S/C14H14Cl2N2O2S/c1-8-4-3-5-11(15)14(8)18-21(19,20)10-6-9(2)13(16)12(17)7-10/h3-7,18H,17H2,1-2H3. The van der Waals surface area contributed by atoms with Crippen LogP contribution in [-0.4, -0.2) is 8.42 Å². The normalized spacial score (nSPS) is 11.4. The quantitative estimate of drug-likeness (QED) is 0.826.